The maximum atomic E-state index is 12.2. The molecule has 112 valence electrons. The van der Waals surface area contributed by atoms with Gasteiger partial charge in [0.15, 0.2) is 0 Å². The largest absolute Gasteiger partial charge is 0.419 e. The molecular formula is C20H15NO2. The Balaban J connectivity index is 1.94. The van der Waals surface area contributed by atoms with Crippen LogP contribution >= 0.6 is 0 Å². The first-order valence-electron chi connectivity index (χ1n) is 7.48. The van der Waals surface area contributed by atoms with Gasteiger partial charge in [0.25, 0.3) is 0 Å². The van der Waals surface area contributed by atoms with Crippen molar-refractivity contribution in [2.75, 3.05) is 11.9 Å². The zero-order valence-corrected chi connectivity index (χ0v) is 12.7. The maximum absolute atomic E-state index is 12.2. The van der Waals surface area contributed by atoms with E-state index < -0.39 is 0 Å². The van der Waals surface area contributed by atoms with E-state index in [0.29, 0.717) is 5.76 Å². The van der Waals surface area contributed by atoms with Gasteiger partial charge in [0.2, 0.25) is 0 Å². The second-order valence-corrected chi connectivity index (χ2v) is 5.56. The number of carbonyl (C=O) groups is 1. The van der Waals surface area contributed by atoms with E-state index in [-0.39, 0.29) is 6.09 Å². The van der Waals surface area contributed by atoms with Crippen LogP contribution in [0.4, 0.5) is 10.5 Å². The topological polar surface area (TPSA) is 29.5 Å². The molecule has 3 heteroatoms. The van der Waals surface area contributed by atoms with Crippen molar-refractivity contribution in [1.82, 2.24) is 0 Å². The number of hydrogen-bond acceptors (Lipinski definition) is 2. The molecule has 0 spiro atoms. The van der Waals surface area contributed by atoms with Crippen molar-refractivity contribution in [1.29, 1.82) is 0 Å². The van der Waals surface area contributed by atoms with E-state index in [1.807, 2.05) is 60.7 Å². The molecule has 3 nitrogen and oxygen atoms in total. The molecule has 0 bridgehead atoms. The van der Waals surface area contributed by atoms with Gasteiger partial charge in [-0.25, -0.2) is 4.79 Å². The molecule has 4 rings (SSSR count). The predicted molar refractivity (Wildman–Crippen MR) is 93.1 cm³/mol. The lowest BCUT2D eigenvalue weighted by atomic mass is 10.0. The fraction of sp³-hybridized carbons (Fsp3) is 0.0500. The van der Waals surface area contributed by atoms with Gasteiger partial charge in [0, 0.05) is 12.6 Å². The maximum Gasteiger partial charge on any atom is 0.419 e. The second kappa shape index (κ2) is 5.29. The molecule has 0 N–H and O–H groups in total. The van der Waals surface area contributed by atoms with Crippen LogP contribution in [0.15, 0.2) is 66.7 Å². The van der Waals surface area contributed by atoms with Crippen LogP contribution < -0.4 is 4.90 Å². The second-order valence-electron chi connectivity index (χ2n) is 5.56. The molecule has 1 aliphatic heterocycles. The highest BCUT2D eigenvalue weighted by Crippen LogP contribution is 2.37. The first-order chi connectivity index (χ1) is 11.2. The van der Waals surface area contributed by atoms with Crippen LogP contribution in [-0.2, 0) is 4.74 Å². The Morgan fingerprint density at radius 1 is 0.913 bits per heavy atom. The van der Waals surface area contributed by atoms with Gasteiger partial charge in [0.1, 0.15) is 5.76 Å². The van der Waals surface area contributed by atoms with Gasteiger partial charge in [-0.05, 0) is 34.5 Å². The molecule has 0 fully saturated rings. The zero-order valence-electron chi connectivity index (χ0n) is 12.7. The van der Waals surface area contributed by atoms with Crippen molar-refractivity contribution < 1.29 is 9.53 Å². The van der Waals surface area contributed by atoms with Gasteiger partial charge >= 0.3 is 6.09 Å². The molecule has 3 aromatic carbocycles. The minimum absolute atomic E-state index is 0.366. The lowest BCUT2D eigenvalue weighted by Gasteiger charge is -2.27. The fourth-order valence-corrected chi connectivity index (χ4v) is 2.83. The average molecular weight is 301 g/mol. The number of anilines is 1. The number of carbonyl (C=O) groups excluding carboxylic acids is 1. The molecule has 0 saturated carbocycles. The molecule has 1 amide bonds. The van der Waals surface area contributed by atoms with Crippen LogP contribution in [0.25, 0.3) is 22.6 Å². The predicted octanol–water partition coefficient (Wildman–Crippen LogP) is 4.92. The summed E-state index contributed by atoms with van der Waals surface area (Å²) in [6.07, 6.45) is 1.54. The SMILES string of the molecule is CN1C(=O)O/C(=C\c2ccccc2)c2cc3ccccc3cc21. The number of benzene rings is 3. The van der Waals surface area contributed by atoms with Crippen molar-refractivity contribution in [2.24, 2.45) is 0 Å². The molecule has 1 heterocycles. The summed E-state index contributed by atoms with van der Waals surface area (Å²) in [5.41, 5.74) is 2.79. The number of nitrogens with zero attached hydrogens (tertiary/aromatic N) is 1. The lowest BCUT2D eigenvalue weighted by molar-refractivity contribution is 0.199. The monoisotopic (exact) mass is 301 g/mol. The van der Waals surface area contributed by atoms with Gasteiger partial charge in [-0.1, -0.05) is 54.6 Å². The quantitative estimate of drug-likeness (QED) is 0.638. The minimum Gasteiger partial charge on any atom is -0.409 e. The van der Waals surface area contributed by atoms with Crippen molar-refractivity contribution in [3.63, 3.8) is 0 Å². The summed E-state index contributed by atoms with van der Waals surface area (Å²) < 4.78 is 5.53. The number of amides is 1. The summed E-state index contributed by atoms with van der Waals surface area (Å²) in [5.74, 6) is 0.583. The summed E-state index contributed by atoms with van der Waals surface area (Å²) in [6.45, 7) is 0. The summed E-state index contributed by atoms with van der Waals surface area (Å²) >= 11 is 0. The normalized spacial score (nSPS) is 15.6. The molecule has 0 aliphatic carbocycles. The Bertz CT molecular complexity index is 929. The number of rotatable bonds is 1. The van der Waals surface area contributed by atoms with Crippen molar-refractivity contribution in [3.8, 4) is 0 Å². The van der Waals surface area contributed by atoms with E-state index in [9.17, 15) is 4.79 Å². The van der Waals surface area contributed by atoms with Gasteiger partial charge in [-0.2, -0.15) is 0 Å². The smallest absolute Gasteiger partial charge is 0.409 e. The minimum atomic E-state index is -0.366. The van der Waals surface area contributed by atoms with Crippen LogP contribution in [0, 0.1) is 0 Å². The molecular weight excluding hydrogens is 286 g/mol. The van der Waals surface area contributed by atoms with Gasteiger partial charge in [-0.3, -0.25) is 4.90 Å². The highest BCUT2D eigenvalue weighted by Gasteiger charge is 2.27. The Hall–Kier alpha value is -3.07. The van der Waals surface area contributed by atoms with Crippen molar-refractivity contribution >= 4 is 34.4 Å². The first-order valence-corrected chi connectivity index (χ1v) is 7.48. The summed E-state index contributed by atoms with van der Waals surface area (Å²) in [6, 6.07) is 22.1. The molecule has 23 heavy (non-hydrogen) atoms. The number of hydrogen-bond donors (Lipinski definition) is 0. The Morgan fingerprint density at radius 2 is 1.57 bits per heavy atom. The van der Waals surface area contributed by atoms with Crippen LogP contribution in [-0.4, -0.2) is 13.1 Å². The molecule has 0 saturated heterocycles. The fourth-order valence-electron chi connectivity index (χ4n) is 2.83. The van der Waals surface area contributed by atoms with E-state index in [0.717, 1.165) is 27.6 Å². The van der Waals surface area contributed by atoms with E-state index in [1.54, 1.807) is 11.9 Å². The van der Waals surface area contributed by atoms with Crippen LogP contribution in [0.2, 0.25) is 0 Å². The zero-order chi connectivity index (χ0) is 15.8. The Kier molecular flexibility index (Phi) is 3.12. The molecule has 1 aliphatic rings. The number of fused-ring (bicyclic) bond motifs is 2. The highest BCUT2D eigenvalue weighted by molar-refractivity contribution is 6.05. The van der Waals surface area contributed by atoms with Crippen LogP contribution in [0.1, 0.15) is 11.1 Å². The Morgan fingerprint density at radius 3 is 2.30 bits per heavy atom. The van der Waals surface area contributed by atoms with E-state index in [2.05, 4.69) is 12.1 Å². The third-order valence-corrected chi connectivity index (χ3v) is 4.06. The molecule has 0 unspecified atom stereocenters. The van der Waals surface area contributed by atoms with Gasteiger partial charge in [-0.15, -0.1) is 0 Å². The van der Waals surface area contributed by atoms with Crippen molar-refractivity contribution in [2.45, 2.75) is 0 Å². The molecule has 0 atom stereocenters. The van der Waals surface area contributed by atoms with E-state index in [1.165, 1.54) is 0 Å². The third-order valence-electron chi connectivity index (χ3n) is 4.06. The highest BCUT2D eigenvalue weighted by atomic mass is 16.6. The lowest BCUT2D eigenvalue weighted by Crippen LogP contribution is -2.31. The van der Waals surface area contributed by atoms with Gasteiger partial charge in [0.05, 0.1) is 5.69 Å². The van der Waals surface area contributed by atoms with Crippen molar-refractivity contribution in [3.05, 3.63) is 77.9 Å². The van der Waals surface area contributed by atoms with Gasteiger partial charge < -0.3 is 4.74 Å². The van der Waals surface area contributed by atoms with E-state index >= 15 is 0 Å². The molecule has 0 radical (unpaired) electrons. The standard InChI is InChI=1S/C20H15NO2/c1-21-18-13-16-10-6-5-9-15(16)12-17(18)19(23-20(21)22)11-14-7-3-2-4-8-14/h2-13H,1H3/b19-11-. The van der Waals surface area contributed by atoms with Crippen LogP contribution in [0.5, 0.6) is 0 Å². The van der Waals surface area contributed by atoms with Crippen LogP contribution in [0.3, 0.4) is 0 Å². The number of ether oxygens (including phenoxy) is 1. The molecule has 0 aromatic heterocycles. The molecule has 3 aromatic rings. The third kappa shape index (κ3) is 2.36. The summed E-state index contributed by atoms with van der Waals surface area (Å²) in [5, 5.41) is 2.23. The van der Waals surface area contributed by atoms with E-state index in [4.69, 9.17) is 4.74 Å². The first kappa shape index (κ1) is 13.6. The Labute approximate surface area is 134 Å². The number of cyclic esters (lactones) is 1. The average Bonchev–Trinajstić information content (AvgIpc) is 2.59. The summed E-state index contributed by atoms with van der Waals surface area (Å²) in [7, 11) is 1.73. The summed E-state index contributed by atoms with van der Waals surface area (Å²) in [4.78, 5) is 13.7.